The first-order valence-corrected chi connectivity index (χ1v) is 13.8. The molecular formula is C29H36Cl2F2N2O5. The third-order valence-corrected chi connectivity index (χ3v) is 8.28. The van der Waals surface area contributed by atoms with Crippen LogP contribution >= 0.6 is 23.2 Å². The minimum Gasteiger partial charge on any atom is -0.395 e. The molecule has 1 aliphatic heterocycles. The van der Waals surface area contributed by atoms with Crippen LogP contribution in [0.25, 0.3) is 0 Å². The van der Waals surface area contributed by atoms with Gasteiger partial charge in [0.1, 0.15) is 29.3 Å². The van der Waals surface area contributed by atoms with Gasteiger partial charge in [-0.3, -0.25) is 4.90 Å². The zero-order valence-electron chi connectivity index (χ0n) is 22.6. The van der Waals surface area contributed by atoms with Crippen molar-refractivity contribution in [3.8, 4) is 6.07 Å². The second-order valence-electron chi connectivity index (χ2n) is 11.6. The summed E-state index contributed by atoms with van der Waals surface area (Å²) in [5, 5.41) is 61.4. The maximum Gasteiger partial charge on any atom is 0.145 e. The lowest BCUT2D eigenvalue weighted by Gasteiger charge is -2.40. The van der Waals surface area contributed by atoms with E-state index in [-0.39, 0.29) is 34.1 Å². The lowest BCUT2D eigenvalue weighted by atomic mass is 9.62. The van der Waals surface area contributed by atoms with Crippen LogP contribution in [0.4, 0.5) is 8.78 Å². The molecule has 3 rings (SSSR count). The van der Waals surface area contributed by atoms with Crippen molar-refractivity contribution in [2.75, 3.05) is 19.8 Å². The zero-order valence-corrected chi connectivity index (χ0v) is 24.1. The molecule has 1 aliphatic rings. The fourth-order valence-electron chi connectivity index (χ4n) is 5.99. The molecule has 1 heterocycles. The van der Waals surface area contributed by atoms with Gasteiger partial charge < -0.3 is 25.5 Å². The van der Waals surface area contributed by atoms with Crippen molar-refractivity contribution in [1.29, 1.82) is 5.26 Å². The van der Waals surface area contributed by atoms with Gasteiger partial charge in [0.15, 0.2) is 0 Å². The number of hydrogen-bond acceptors (Lipinski definition) is 7. The predicted molar refractivity (Wildman–Crippen MR) is 148 cm³/mol. The molecule has 0 aliphatic carbocycles. The van der Waals surface area contributed by atoms with Crippen LogP contribution in [0.2, 0.25) is 10.0 Å². The van der Waals surface area contributed by atoms with Crippen LogP contribution in [0.5, 0.6) is 0 Å². The largest absolute Gasteiger partial charge is 0.395 e. The molecule has 2 aromatic rings. The van der Waals surface area contributed by atoms with Crippen molar-refractivity contribution in [1.82, 2.24) is 4.90 Å². The lowest BCUT2D eigenvalue weighted by Crippen LogP contribution is -2.48. The zero-order chi connectivity index (χ0) is 30.0. The standard InChI is InChI=1S/C29H36Cl2F2N2O5/c1-28(2,3)12-24-29(15-34,18-8-7-16(30)11-20(18)32)25(17-5-4-6-19(31)26(17)33)21(13-36)35(24)10-9-22(38)27(40)23(39)14-37/h4-8,11,21-25,27,36-40H,9-10,12-14H2,1-3H3/t21-,22+,23+,24-,25-,27-,29-/m0/s1. The van der Waals surface area contributed by atoms with Gasteiger partial charge in [-0.05, 0) is 42.0 Å². The first-order valence-electron chi connectivity index (χ1n) is 13.1. The SMILES string of the molecule is CC(C)(C)C[C@@H]1N(CC[C@@H](O)[C@H](O)[C@H](O)CO)[C@@H](CO)[C@H](c2cccc(Cl)c2F)[C@@]1(C#N)c1ccc(Cl)cc1F. The summed E-state index contributed by atoms with van der Waals surface area (Å²) in [5.41, 5.74) is -2.16. The van der Waals surface area contributed by atoms with Crippen molar-refractivity contribution >= 4 is 23.2 Å². The second kappa shape index (κ2) is 13.0. The molecule has 1 fully saturated rings. The number of aliphatic hydroxyl groups is 5. The number of nitriles is 1. The quantitative estimate of drug-likeness (QED) is 0.281. The third-order valence-electron chi connectivity index (χ3n) is 7.76. The Labute approximate surface area is 243 Å². The second-order valence-corrected chi connectivity index (χ2v) is 12.4. The van der Waals surface area contributed by atoms with E-state index in [1.165, 1.54) is 30.3 Å². The van der Waals surface area contributed by atoms with Crippen molar-refractivity contribution in [3.63, 3.8) is 0 Å². The Kier molecular flexibility index (Phi) is 10.6. The average Bonchev–Trinajstić information content (AvgIpc) is 3.15. The molecule has 220 valence electrons. The molecule has 7 nitrogen and oxygen atoms in total. The van der Waals surface area contributed by atoms with E-state index in [0.717, 1.165) is 6.07 Å². The highest BCUT2D eigenvalue weighted by Gasteiger charge is 2.62. The van der Waals surface area contributed by atoms with Crippen LogP contribution in [0.1, 0.15) is 50.7 Å². The fourth-order valence-corrected chi connectivity index (χ4v) is 6.33. The summed E-state index contributed by atoms with van der Waals surface area (Å²) in [6.45, 7) is 4.47. The number of hydrogen-bond donors (Lipinski definition) is 5. The number of aliphatic hydroxyl groups excluding tert-OH is 5. The number of rotatable bonds is 10. The molecule has 0 bridgehead atoms. The van der Waals surface area contributed by atoms with Crippen molar-refractivity contribution < 1.29 is 34.3 Å². The molecule has 0 unspecified atom stereocenters. The molecule has 0 saturated carbocycles. The Bertz CT molecular complexity index is 1220. The molecule has 0 radical (unpaired) electrons. The van der Waals surface area contributed by atoms with Gasteiger partial charge >= 0.3 is 0 Å². The highest BCUT2D eigenvalue weighted by atomic mass is 35.5. The molecule has 5 N–H and O–H groups in total. The average molecular weight is 602 g/mol. The van der Waals surface area contributed by atoms with Crippen LogP contribution in [0, 0.1) is 28.4 Å². The van der Waals surface area contributed by atoms with Gasteiger partial charge in [-0.1, -0.05) is 62.2 Å². The van der Waals surface area contributed by atoms with E-state index in [4.69, 9.17) is 23.2 Å². The molecule has 2 aromatic carbocycles. The molecule has 0 amide bonds. The molecule has 7 atom stereocenters. The minimum absolute atomic E-state index is 0.0142. The number of halogens is 4. The molecule has 0 spiro atoms. The van der Waals surface area contributed by atoms with E-state index in [2.05, 4.69) is 6.07 Å². The topological polar surface area (TPSA) is 128 Å². The smallest absolute Gasteiger partial charge is 0.145 e. The minimum atomic E-state index is -1.74. The molecule has 0 aromatic heterocycles. The van der Waals surface area contributed by atoms with Crippen LogP contribution in [-0.2, 0) is 5.41 Å². The van der Waals surface area contributed by atoms with Crippen molar-refractivity contribution in [2.24, 2.45) is 5.41 Å². The first-order chi connectivity index (χ1) is 18.7. The summed E-state index contributed by atoms with van der Waals surface area (Å²) in [4.78, 5) is 1.74. The first kappa shape index (κ1) is 32.6. The van der Waals surface area contributed by atoms with Gasteiger partial charge in [-0.15, -0.1) is 0 Å². The van der Waals surface area contributed by atoms with E-state index in [1.807, 2.05) is 20.8 Å². The maximum atomic E-state index is 15.8. The lowest BCUT2D eigenvalue weighted by molar-refractivity contribution is -0.0815. The van der Waals surface area contributed by atoms with Gasteiger partial charge in [0.25, 0.3) is 0 Å². The van der Waals surface area contributed by atoms with Crippen LogP contribution in [-0.4, -0.2) is 80.6 Å². The Morgan fingerprint density at radius 2 is 1.75 bits per heavy atom. The number of nitrogens with zero attached hydrogens (tertiary/aromatic N) is 2. The van der Waals surface area contributed by atoms with E-state index in [1.54, 1.807) is 4.90 Å². The van der Waals surface area contributed by atoms with E-state index in [0.29, 0.717) is 6.42 Å². The Morgan fingerprint density at radius 1 is 1.07 bits per heavy atom. The van der Waals surface area contributed by atoms with Gasteiger partial charge in [0, 0.05) is 35.1 Å². The Hall–Kier alpha value is -1.87. The Morgan fingerprint density at radius 3 is 2.30 bits per heavy atom. The Balaban J connectivity index is 2.29. The summed E-state index contributed by atoms with van der Waals surface area (Å²) in [7, 11) is 0. The van der Waals surface area contributed by atoms with Crippen LogP contribution in [0.3, 0.4) is 0 Å². The molecule has 40 heavy (non-hydrogen) atoms. The van der Waals surface area contributed by atoms with Crippen molar-refractivity contribution in [2.45, 2.75) is 75.3 Å². The number of benzene rings is 2. The van der Waals surface area contributed by atoms with E-state index < -0.39 is 72.0 Å². The van der Waals surface area contributed by atoms with Crippen molar-refractivity contribution in [3.05, 3.63) is 69.2 Å². The highest BCUT2D eigenvalue weighted by Crippen LogP contribution is 2.56. The van der Waals surface area contributed by atoms with Gasteiger partial charge in [0.05, 0.1) is 30.4 Å². The van der Waals surface area contributed by atoms with Crippen LogP contribution < -0.4 is 0 Å². The maximum absolute atomic E-state index is 15.8. The van der Waals surface area contributed by atoms with Gasteiger partial charge in [0.2, 0.25) is 0 Å². The molecular weight excluding hydrogens is 565 g/mol. The summed E-state index contributed by atoms with van der Waals surface area (Å²) in [6, 6.07) is 8.87. The number of likely N-dealkylation sites (tertiary alicyclic amines) is 1. The van der Waals surface area contributed by atoms with Crippen LogP contribution in [0.15, 0.2) is 36.4 Å². The summed E-state index contributed by atoms with van der Waals surface area (Å²) < 4.78 is 31.4. The fraction of sp³-hybridized carbons (Fsp3) is 0.552. The summed E-state index contributed by atoms with van der Waals surface area (Å²) in [5.74, 6) is -2.66. The summed E-state index contributed by atoms with van der Waals surface area (Å²) in [6.07, 6.45) is -4.54. The molecule has 1 saturated heterocycles. The summed E-state index contributed by atoms with van der Waals surface area (Å²) >= 11 is 12.2. The van der Waals surface area contributed by atoms with Gasteiger partial charge in [-0.2, -0.15) is 5.26 Å². The monoisotopic (exact) mass is 600 g/mol. The van der Waals surface area contributed by atoms with Gasteiger partial charge in [-0.25, -0.2) is 8.78 Å². The molecule has 11 heteroatoms. The highest BCUT2D eigenvalue weighted by molar-refractivity contribution is 6.31. The third kappa shape index (κ3) is 6.30. The van der Waals surface area contributed by atoms with E-state index in [9.17, 15) is 30.8 Å². The normalized spacial score (nSPS) is 25.9. The predicted octanol–water partition coefficient (Wildman–Crippen LogP) is 3.76. The van der Waals surface area contributed by atoms with E-state index >= 15 is 8.78 Å².